The lowest BCUT2D eigenvalue weighted by Crippen LogP contribution is -2.50. The maximum absolute atomic E-state index is 12.1. The van der Waals surface area contributed by atoms with Gasteiger partial charge in [-0.25, -0.2) is 0 Å². The minimum Gasteiger partial charge on any atom is -0.481 e. The molecule has 0 spiro atoms. The van der Waals surface area contributed by atoms with Crippen LogP contribution in [0.5, 0.6) is 0 Å². The molecule has 0 saturated carbocycles. The van der Waals surface area contributed by atoms with Gasteiger partial charge >= 0.3 is 5.97 Å². The number of hydrogen-bond donors (Lipinski definition) is 2. The molecule has 5 heteroatoms. The molecule has 19 heavy (non-hydrogen) atoms. The zero-order valence-corrected chi connectivity index (χ0v) is 12.3. The molecule has 4 atom stereocenters. The number of carboxylic acids is 1. The number of nitrogens with zero attached hydrogens (tertiary/aromatic N) is 1. The third-order valence-corrected chi connectivity index (χ3v) is 4.21. The van der Waals surface area contributed by atoms with Crippen LogP contribution >= 0.6 is 0 Å². The molecular weight excluding hydrogens is 244 g/mol. The highest BCUT2D eigenvalue weighted by Crippen LogP contribution is 2.25. The fourth-order valence-corrected chi connectivity index (χ4v) is 2.89. The molecule has 1 amide bonds. The summed E-state index contributed by atoms with van der Waals surface area (Å²) in [4.78, 5) is 25.2. The van der Waals surface area contributed by atoms with Gasteiger partial charge in [0.15, 0.2) is 0 Å². The number of carboxylic acid groups (broad SMARTS) is 1. The third kappa shape index (κ3) is 3.93. The summed E-state index contributed by atoms with van der Waals surface area (Å²) in [6.07, 6.45) is 2.76. The van der Waals surface area contributed by atoms with Crippen molar-refractivity contribution in [1.82, 2.24) is 10.2 Å². The first-order valence-electron chi connectivity index (χ1n) is 7.16. The van der Waals surface area contributed by atoms with E-state index in [1.54, 1.807) is 0 Å². The van der Waals surface area contributed by atoms with E-state index in [2.05, 4.69) is 24.1 Å². The van der Waals surface area contributed by atoms with Gasteiger partial charge in [-0.2, -0.15) is 0 Å². The Labute approximate surface area is 115 Å². The number of likely N-dealkylation sites (tertiary alicyclic amines) is 1. The van der Waals surface area contributed by atoms with Gasteiger partial charge in [0.2, 0.25) is 5.91 Å². The van der Waals surface area contributed by atoms with E-state index in [-0.39, 0.29) is 18.5 Å². The third-order valence-electron chi connectivity index (χ3n) is 4.21. The Morgan fingerprint density at radius 3 is 2.26 bits per heavy atom. The summed E-state index contributed by atoms with van der Waals surface area (Å²) >= 11 is 0. The molecule has 2 N–H and O–H groups in total. The number of carbonyl (C=O) groups excluding carboxylic acids is 1. The van der Waals surface area contributed by atoms with E-state index in [4.69, 9.17) is 5.11 Å². The summed E-state index contributed by atoms with van der Waals surface area (Å²) in [5.41, 5.74) is 0. The van der Waals surface area contributed by atoms with Crippen molar-refractivity contribution < 1.29 is 14.7 Å². The second-order valence-electron chi connectivity index (χ2n) is 5.59. The number of nitrogens with one attached hydrogen (secondary N) is 1. The van der Waals surface area contributed by atoms with E-state index in [0.717, 1.165) is 12.8 Å². The van der Waals surface area contributed by atoms with E-state index < -0.39 is 11.9 Å². The quantitative estimate of drug-likeness (QED) is 0.767. The maximum Gasteiger partial charge on any atom is 0.308 e. The Morgan fingerprint density at radius 1 is 1.32 bits per heavy atom. The molecule has 0 aromatic carbocycles. The zero-order chi connectivity index (χ0) is 14.6. The number of carbonyl (C=O) groups is 2. The molecule has 0 bridgehead atoms. The molecule has 0 aromatic rings. The first-order chi connectivity index (χ1) is 8.88. The van der Waals surface area contributed by atoms with Crippen molar-refractivity contribution >= 4 is 11.9 Å². The van der Waals surface area contributed by atoms with Crippen LogP contribution in [0.25, 0.3) is 0 Å². The normalized spacial score (nSPS) is 26.9. The molecule has 5 nitrogen and oxygen atoms in total. The van der Waals surface area contributed by atoms with Crippen LogP contribution in [-0.4, -0.2) is 46.6 Å². The number of rotatable bonds is 6. The topological polar surface area (TPSA) is 69.6 Å². The summed E-state index contributed by atoms with van der Waals surface area (Å²) in [6, 6.07) is 0.633. The van der Waals surface area contributed by atoms with Crippen LogP contribution in [0.15, 0.2) is 0 Å². The first-order valence-corrected chi connectivity index (χ1v) is 7.16. The highest BCUT2D eigenvalue weighted by atomic mass is 16.4. The summed E-state index contributed by atoms with van der Waals surface area (Å²) in [6.45, 7) is 8.21. The van der Waals surface area contributed by atoms with Crippen molar-refractivity contribution in [3.63, 3.8) is 0 Å². The molecule has 1 heterocycles. The van der Waals surface area contributed by atoms with Crippen LogP contribution in [0.1, 0.15) is 47.0 Å². The van der Waals surface area contributed by atoms with Gasteiger partial charge in [-0.1, -0.05) is 6.92 Å². The highest BCUT2D eigenvalue weighted by molar-refractivity contribution is 5.82. The Morgan fingerprint density at radius 2 is 1.84 bits per heavy atom. The lowest BCUT2D eigenvalue weighted by atomic mass is 10.1. The van der Waals surface area contributed by atoms with E-state index in [9.17, 15) is 9.59 Å². The van der Waals surface area contributed by atoms with E-state index in [1.165, 1.54) is 0 Å². The van der Waals surface area contributed by atoms with Crippen molar-refractivity contribution in [2.45, 2.75) is 65.1 Å². The molecule has 1 rings (SSSR count). The number of hydrogen-bond acceptors (Lipinski definition) is 3. The maximum atomic E-state index is 12.1. The number of amides is 1. The van der Waals surface area contributed by atoms with Crippen LogP contribution in [0.3, 0.4) is 0 Å². The predicted octanol–water partition coefficient (Wildman–Crippen LogP) is 1.47. The van der Waals surface area contributed by atoms with E-state index >= 15 is 0 Å². The van der Waals surface area contributed by atoms with Gasteiger partial charge in [-0.05, 0) is 40.0 Å². The Hall–Kier alpha value is -1.10. The summed E-state index contributed by atoms with van der Waals surface area (Å²) in [7, 11) is 0. The monoisotopic (exact) mass is 270 g/mol. The van der Waals surface area contributed by atoms with Crippen LogP contribution in [0.2, 0.25) is 0 Å². The Kier molecular flexibility index (Phi) is 5.79. The first kappa shape index (κ1) is 16.0. The molecule has 110 valence electrons. The number of aliphatic carboxylic acids is 1. The van der Waals surface area contributed by atoms with Crippen LogP contribution < -0.4 is 5.32 Å². The molecule has 4 unspecified atom stereocenters. The van der Waals surface area contributed by atoms with Crippen molar-refractivity contribution in [2.75, 3.05) is 6.54 Å². The molecule has 1 fully saturated rings. The molecule has 0 aromatic heterocycles. The highest BCUT2D eigenvalue weighted by Gasteiger charge is 2.34. The van der Waals surface area contributed by atoms with Gasteiger partial charge in [0.25, 0.3) is 0 Å². The Bertz CT molecular complexity index is 323. The minimum absolute atomic E-state index is 0.0692. The molecule has 1 aliphatic heterocycles. The van der Waals surface area contributed by atoms with Crippen LogP contribution in [0, 0.1) is 5.92 Å². The zero-order valence-electron chi connectivity index (χ0n) is 12.3. The predicted molar refractivity (Wildman–Crippen MR) is 73.9 cm³/mol. The van der Waals surface area contributed by atoms with Crippen LogP contribution in [0.4, 0.5) is 0 Å². The minimum atomic E-state index is -0.849. The average Bonchev–Trinajstić information content (AvgIpc) is 2.68. The van der Waals surface area contributed by atoms with Gasteiger partial charge in [-0.3, -0.25) is 14.5 Å². The van der Waals surface area contributed by atoms with Gasteiger partial charge in [0, 0.05) is 18.6 Å². The second-order valence-corrected chi connectivity index (χ2v) is 5.59. The van der Waals surface area contributed by atoms with E-state index in [0.29, 0.717) is 18.5 Å². The molecule has 1 saturated heterocycles. The van der Waals surface area contributed by atoms with Gasteiger partial charge in [-0.15, -0.1) is 0 Å². The molecule has 0 aliphatic carbocycles. The fraction of sp³-hybridized carbons (Fsp3) is 0.857. The smallest absolute Gasteiger partial charge is 0.308 e. The second kappa shape index (κ2) is 6.89. The van der Waals surface area contributed by atoms with E-state index in [1.807, 2.05) is 13.8 Å². The van der Waals surface area contributed by atoms with Gasteiger partial charge < -0.3 is 10.4 Å². The SMILES string of the molecule is CCC(CNC(=O)C(C)N1C(C)CCC1C)C(=O)O. The molecule has 1 aliphatic rings. The average molecular weight is 270 g/mol. The van der Waals surface area contributed by atoms with Crippen molar-refractivity contribution in [1.29, 1.82) is 0 Å². The summed E-state index contributed by atoms with van der Waals surface area (Å²) < 4.78 is 0. The molecule has 0 radical (unpaired) electrons. The van der Waals surface area contributed by atoms with Crippen molar-refractivity contribution in [3.05, 3.63) is 0 Å². The van der Waals surface area contributed by atoms with Crippen molar-refractivity contribution in [3.8, 4) is 0 Å². The lowest BCUT2D eigenvalue weighted by Gasteiger charge is -2.31. The summed E-state index contributed by atoms with van der Waals surface area (Å²) in [5.74, 6) is -1.41. The van der Waals surface area contributed by atoms with Crippen LogP contribution in [-0.2, 0) is 9.59 Å². The largest absolute Gasteiger partial charge is 0.481 e. The molecular formula is C14H26N2O3. The standard InChI is InChI=1S/C14H26N2O3/c1-5-12(14(18)19)8-15-13(17)11(4)16-9(2)6-7-10(16)3/h9-12H,5-8H2,1-4H3,(H,15,17)(H,18,19). The van der Waals surface area contributed by atoms with Crippen molar-refractivity contribution in [2.24, 2.45) is 5.92 Å². The van der Waals surface area contributed by atoms with Gasteiger partial charge in [0.1, 0.15) is 0 Å². The summed E-state index contributed by atoms with van der Waals surface area (Å²) in [5, 5.41) is 11.7. The Balaban J connectivity index is 2.51. The van der Waals surface area contributed by atoms with Gasteiger partial charge in [0.05, 0.1) is 12.0 Å². The fourth-order valence-electron chi connectivity index (χ4n) is 2.89. The lowest BCUT2D eigenvalue weighted by molar-refractivity contribution is -0.141.